The van der Waals surface area contributed by atoms with Crippen LogP contribution in [0, 0.1) is 17.5 Å². The van der Waals surface area contributed by atoms with E-state index in [1.807, 2.05) is 0 Å². The minimum Gasteiger partial charge on any atom is -0.305 e. The van der Waals surface area contributed by atoms with E-state index in [0.29, 0.717) is 6.07 Å². The third kappa shape index (κ3) is 3.96. The third-order valence-electron chi connectivity index (χ3n) is 4.64. The highest BCUT2D eigenvalue weighted by Crippen LogP contribution is 2.33. The van der Waals surface area contributed by atoms with E-state index in [2.05, 4.69) is 20.2 Å². The summed E-state index contributed by atoms with van der Waals surface area (Å²) in [6, 6.07) is -2.10. The minimum atomic E-state index is -4.75. The Hall–Kier alpha value is -3.12. The van der Waals surface area contributed by atoms with Gasteiger partial charge in [0.15, 0.2) is 17.4 Å². The first-order valence-electron chi connectivity index (χ1n) is 8.50. The zero-order chi connectivity index (χ0) is 22.2. The molecule has 2 heterocycles. The van der Waals surface area contributed by atoms with E-state index in [1.54, 1.807) is 0 Å². The van der Waals surface area contributed by atoms with Gasteiger partial charge in [0.05, 0.1) is 18.6 Å². The van der Waals surface area contributed by atoms with Crippen LogP contribution >= 0.6 is 0 Å². The molecule has 1 aliphatic heterocycles. The molecule has 30 heavy (non-hydrogen) atoms. The van der Waals surface area contributed by atoms with Gasteiger partial charge in [-0.1, -0.05) is 5.11 Å². The number of alkyl halides is 3. The molecule has 1 aromatic carbocycles. The molecular weight excluding hydrogens is 420 g/mol. The Kier molecular flexibility index (Phi) is 5.72. The standard InChI is InChI=1S/C16H13F6N7O/c1-7(24-27-23)14(30)13(8-4-10(18)11(19)5-9(8)17)28-2-3-29-12(6-28)25-26-15(29)16(20,21)22/h4-5,7,13H,2-3,6H2,1H3. The lowest BCUT2D eigenvalue weighted by Gasteiger charge is -2.35. The van der Waals surface area contributed by atoms with Gasteiger partial charge in [-0.2, -0.15) is 13.2 Å². The maximum Gasteiger partial charge on any atom is 0.451 e. The van der Waals surface area contributed by atoms with Crippen molar-refractivity contribution in [3.8, 4) is 0 Å². The van der Waals surface area contributed by atoms with Crippen LogP contribution in [-0.4, -0.2) is 38.0 Å². The summed E-state index contributed by atoms with van der Waals surface area (Å²) in [6.07, 6.45) is -4.75. The fraction of sp³-hybridized carbons (Fsp3) is 0.438. The van der Waals surface area contributed by atoms with E-state index in [1.165, 1.54) is 11.8 Å². The number of carbonyl (C=O) groups excluding carboxylic acids is 1. The van der Waals surface area contributed by atoms with Crippen molar-refractivity contribution < 1.29 is 31.1 Å². The van der Waals surface area contributed by atoms with E-state index in [9.17, 15) is 31.1 Å². The van der Waals surface area contributed by atoms with Crippen LogP contribution in [0.5, 0.6) is 0 Å². The minimum absolute atomic E-state index is 0.147. The summed E-state index contributed by atoms with van der Waals surface area (Å²) < 4.78 is 81.4. The van der Waals surface area contributed by atoms with Gasteiger partial charge in [0.2, 0.25) is 5.82 Å². The fourth-order valence-electron chi connectivity index (χ4n) is 3.25. The highest BCUT2D eigenvalue weighted by Gasteiger charge is 2.41. The molecule has 3 rings (SSSR count). The van der Waals surface area contributed by atoms with Crippen molar-refractivity contribution in [3.05, 3.63) is 57.2 Å². The van der Waals surface area contributed by atoms with Crippen LogP contribution in [0.3, 0.4) is 0 Å². The Morgan fingerprint density at radius 2 is 1.83 bits per heavy atom. The molecule has 0 spiro atoms. The molecule has 2 unspecified atom stereocenters. The molecule has 0 amide bonds. The monoisotopic (exact) mass is 433 g/mol. The van der Waals surface area contributed by atoms with Gasteiger partial charge in [-0.15, -0.1) is 10.2 Å². The van der Waals surface area contributed by atoms with E-state index in [0.717, 1.165) is 4.57 Å². The molecule has 0 fully saturated rings. The predicted molar refractivity (Wildman–Crippen MR) is 88.1 cm³/mol. The summed E-state index contributed by atoms with van der Waals surface area (Å²) in [5.74, 6) is -6.34. The van der Waals surface area contributed by atoms with Crippen molar-refractivity contribution in [2.45, 2.75) is 38.3 Å². The maximum atomic E-state index is 14.4. The van der Waals surface area contributed by atoms with Gasteiger partial charge < -0.3 is 4.57 Å². The van der Waals surface area contributed by atoms with Crippen LogP contribution in [0.25, 0.3) is 10.4 Å². The van der Waals surface area contributed by atoms with E-state index >= 15 is 0 Å². The average Bonchev–Trinajstić information content (AvgIpc) is 3.10. The summed E-state index contributed by atoms with van der Waals surface area (Å²) in [4.78, 5) is 16.6. The van der Waals surface area contributed by atoms with Crippen LogP contribution < -0.4 is 0 Å². The molecule has 8 nitrogen and oxygen atoms in total. The molecule has 0 N–H and O–H groups in total. The Morgan fingerprint density at radius 1 is 1.17 bits per heavy atom. The zero-order valence-corrected chi connectivity index (χ0v) is 15.2. The lowest BCUT2D eigenvalue weighted by Crippen LogP contribution is -2.43. The van der Waals surface area contributed by atoms with Crippen molar-refractivity contribution >= 4 is 5.78 Å². The summed E-state index contributed by atoms with van der Waals surface area (Å²) >= 11 is 0. The quantitative estimate of drug-likeness (QED) is 0.237. The number of benzene rings is 1. The second kappa shape index (κ2) is 7.95. The number of rotatable bonds is 5. The first-order valence-corrected chi connectivity index (χ1v) is 8.50. The Balaban J connectivity index is 2.04. The van der Waals surface area contributed by atoms with Crippen molar-refractivity contribution in [3.63, 3.8) is 0 Å². The first-order chi connectivity index (χ1) is 14.0. The van der Waals surface area contributed by atoms with Crippen LogP contribution in [0.2, 0.25) is 0 Å². The molecule has 0 aliphatic carbocycles. The van der Waals surface area contributed by atoms with Crippen LogP contribution in [-0.2, 0) is 24.1 Å². The Labute approximate surface area is 164 Å². The molecule has 0 saturated carbocycles. The number of hydrogen-bond donors (Lipinski definition) is 0. The second-order valence-corrected chi connectivity index (χ2v) is 6.53. The predicted octanol–water partition coefficient (Wildman–Crippen LogP) is 3.54. The Morgan fingerprint density at radius 3 is 2.47 bits per heavy atom. The van der Waals surface area contributed by atoms with Crippen LogP contribution in [0.15, 0.2) is 17.2 Å². The topological polar surface area (TPSA) is 99.8 Å². The number of Topliss-reactive ketones (excluding diaryl/α,β-unsaturated/α-hetero) is 1. The summed E-state index contributed by atoms with van der Waals surface area (Å²) in [5, 5.41) is 9.84. The SMILES string of the molecule is CC(N=[N+]=[N-])C(=O)C(c1cc(F)c(F)cc1F)N1CCn2c(nnc2C(F)(F)F)C1. The number of hydrogen-bond acceptors (Lipinski definition) is 5. The van der Waals surface area contributed by atoms with Crippen molar-refractivity contribution in [2.24, 2.45) is 5.11 Å². The highest BCUT2D eigenvalue weighted by atomic mass is 19.4. The number of ketones is 1. The molecular formula is C16H13F6N7O. The van der Waals surface area contributed by atoms with Gasteiger partial charge in [0.25, 0.3) is 0 Å². The van der Waals surface area contributed by atoms with Crippen molar-refractivity contribution in [2.75, 3.05) is 6.54 Å². The Bertz CT molecular complexity index is 1030. The normalized spacial score (nSPS) is 16.5. The number of nitrogens with zero attached hydrogens (tertiary/aromatic N) is 7. The lowest BCUT2D eigenvalue weighted by atomic mass is 9.95. The number of azide groups is 1. The smallest absolute Gasteiger partial charge is 0.305 e. The van der Waals surface area contributed by atoms with Gasteiger partial charge >= 0.3 is 6.18 Å². The van der Waals surface area contributed by atoms with Gasteiger partial charge in [-0.25, -0.2) is 13.2 Å². The molecule has 2 atom stereocenters. The molecule has 0 bridgehead atoms. The first kappa shape index (κ1) is 21.6. The number of halogens is 6. The zero-order valence-electron chi connectivity index (χ0n) is 15.2. The van der Waals surface area contributed by atoms with Crippen molar-refractivity contribution in [1.82, 2.24) is 19.7 Å². The third-order valence-corrected chi connectivity index (χ3v) is 4.64. The number of fused-ring (bicyclic) bond motifs is 1. The van der Waals surface area contributed by atoms with Gasteiger partial charge in [0, 0.05) is 29.6 Å². The molecule has 14 heteroatoms. The van der Waals surface area contributed by atoms with Crippen LogP contribution in [0.4, 0.5) is 26.3 Å². The maximum absolute atomic E-state index is 14.4. The highest BCUT2D eigenvalue weighted by molar-refractivity contribution is 5.90. The van der Waals surface area contributed by atoms with Gasteiger partial charge in [-0.05, 0) is 18.5 Å². The summed E-state index contributed by atoms with van der Waals surface area (Å²) in [7, 11) is 0. The van der Waals surface area contributed by atoms with E-state index in [-0.39, 0.29) is 31.5 Å². The fourth-order valence-corrected chi connectivity index (χ4v) is 3.25. The van der Waals surface area contributed by atoms with Crippen molar-refractivity contribution in [1.29, 1.82) is 0 Å². The summed E-state index contributed by atoms with van der Waals surface area (Å²) in [5.41, 5.74) is 8.03. The van der Waals surface area contributed by atoms with E-state index in [4.69, 9.17) is 5.53 Å². The molecule has 0 saturated heterocycles. The van der Waals surface area contributed by atoms with Crippen LogP contribution in [0.1, 0.15) is 30.2 Å². The molecule has 2 aromatic rings. The van der Waals surface area contributed by atoms with Gasteiger partial charge in [-0.3, -0.25) is 9.69 Å². The van der Waals surface area contributed by atoms with Gasteiger partial charge in [0.1, 0.15) is 11.6 Å². The average molecular weight is 433 g/mol. The number of aromatic nitrogens is 3. The second-order valence-electron chi connectivity index (χ2n) is 6.53. The molecule has 160 valence electrons. The molecule has 0 radical (unpaired) electrons. The van der Waals surface area contributed by atoms with E-state index < -0.39 is 52.9 Å². The molecule has 1 aromatic heterocycles. The summed E-state index contributed by atoms with van der Waals surface area (Å²) in [6.45, 7) is 0.385. The lowest BCUT2D eigenvalue weighted by molar-refractivity contribution is -0.148. The molecule has 1 aliphatic rings. The largest absolute Gasteiger partial charge is 0.451 e. The number of carbonyl (C=O) groups is 1.